The van der Waals surface area contributed by atoms with Crippen LogP contribution in [0.4, 0.5) is 18.0 Å². The Bertz CT molecular complexity index is 764. The maximum atomic E-state index is 13.4. The first kappa shape index (κ1) is 21.6. The van der Waals surface area contributed by atoms with Crippen LogP contribution in [0.15, 0.2) is 12.3 Å². The Morgan fingerprint density at radius 1 is 1.28 bits per heavy atom. The van der Waals surface area contributed by atoms with E-state index in [1.807, 2.05) is 0 Å². The van der Waals surface area contributed by atoms with Gasteiger partial charge >= 0.3 is 12.3 Å². The molecule has 1 aromatic rings. The van der Waals surface area contributed by atoms with Crippen molar-refractivity contribution >= 4 is 6.09 Å². The molecule has 0 radical (unpaired) electrons. The van der Waals surface area contributed by atoms with Gasteiger partial charge in [-0.1, -0.05) is 0 Å². The second kappa shape index (κ2) is 7.32. The second-order valence-electron chi connectivity index (χ2n) is 8.45. The number of ether oxygens (including phenoxy) is 3. The van der Waals surface area contributed by atoms with Crippen molar-refractivity contribution in [3.63, 3.8) is 0 Å². The van der Waals surface area contributed by atoms with E-state index in [1.54, 1.807) is 20.8 Å². The lowest BCUT2D eigenvalue weighted by molar-refractivity contribution is -0.143. The average molecular weight is 418 g/mol. The second-order valence-corrected chi connectivity index (χ2v) is 8.45. The molecule has 2 bridgehead atoms. The number of carbonyl (C=O) groups excluding carboxylic acids is 1. The van der Waals surface area contributed by atoms with Crippen LogP contribution < -0.4 is 4.74 Å². The van der Waals surface area contributed by atoms with Gasteiger partial charge in [-0.05, 0) is 26.8 Å². The minimum absolute atomic E-state index is 0.00798. The summed E-state index contributed by atoms with van der Waals surface area (Å²) in [5.74, 6) is -0.556. The van der Waals surface area contributed by atoms with Gasteiger partial charge in [0.1, 0.15) is 11.2 Å². The zero-order valence-corrected chi connectivity index (χ0v) is 16.7. The number of carbonyl (C=O) groups is 1. The lowest BCUT2D eigenvalue weighted by atomic mass is 9.77. The first-order chi connectivity index (χ1) is 13.3. The molecule has 0 spiro atoms. The highest BCUT2D eigenvalue weighted by Crippen LogP contribution is 2.44. The van der Waals surface area contributed by atoms with Gasteiger partial charge in [-0.15, -0.1) is 0 Å². The summed E-state index contributed by atoms with van der Waals surface area (Å²) in [5.41, 5.74) is -3.30. The Kier molecular flexibility index (Phi) is 5.46. The van der Waals surface area contributed by atoms with Crippen molar-refractivity contribution in [2.75, 3.05) is 20.3 Å². The third kappa shape index (κ3) is 4.42. The van der Waals surface area contributed by atoms with Crippen molar-refractivity contribution < 1.29 is 37.3 Å². The molecular weight excluding hydrogens is 393 g/mol. The van der Waals surface area contributed by atoms with Gasteiger partial charge in [-0.2, -0.15) is 13.2 Å². The van der Waals surface area contributed by atoms with Crippen molar-refractivity contribution in [3.05, 3.63) is 23.4 Å². The van der Waals surface area contributed by atoms with Crippen LogP contribution in [0.3, 0.4) is 0 Å². The highest BCUT2D eigenvalue weighted by molar-refractivity contribution is 5.69. The number of rotatable bonds is 2. The van der Waals surface area contributed by atoms with Crippen LogP contribution in [0, 0.1) is 0 Å². The van der Waals surface area contributed by atoms with Crippen LogP contribution in [0.1, 0.15) is 44.7 Å². The van der Waals surface area contributed by atoms with E-state index in [0.717, 1.165) is 13.2 Å². The summed E-state index contributed by atoms with van der Waals surface area (Å²) in [6.07, 6.45) is -4.00. The van der Waals surface area contributed by atoms with Gasteiger partial charge in [-0.3, -0.25) is 4.90 Å². The molecule has 0 aromatic carbocycles. The van der Waals surface area contributed by atoms with E-state index in [2.05, 4.69) is 4.98 Å². The van der Waals surface area contributed by atoms with Crippen molar-refractivity contribution in [3.8, 4) is 5.88 Å². The predicted molar refractivity (Wildman–Crippen MR) is 95.4 cm³/mol. The standard InChI is InChI=1S/C19H25F3N2O5/c1-17(2,3)29-16(25)24-12-6-18(26,7-13(24)10-28-9-12)11-5-14(19(20,21)22)15(27-4)23-8-11/h5,8,12-13,26H,6-7,9-10H2,1-4H3. The topological polar surface area (TPSA) is 81.1 Å². The number of morpholine rings is 1. The van der Waals surface area contributed by atoms with Crippen molar-refractivity contribution in [1.82, 2.24) is 9.88 Å². The fraction of sp³-hybridized carbons (Fsp3) is 0.684. The monoisotopic (exact) mass is 418 g/mol. The summed E-state index contributed by atoms with van der Waals surface area (Å²) in [5, 5.41) is 11.3. The quantitative estimate of drug-likeness (QED) is 0.795. The van der Waals surface area contributed by atoms with Crippen LogP contribution in [0.25, 0.3) is 0 Å². The van der Waals surface area contributed by atoms with Gasteiger partial charge in [0.25, 0.3) is 0 Å². The molecular formula is C19H25F3N2O5. The number of pyridine rings is 1. The molecule has 162 valence electrons. The van der Waals surface area contributed by atoms with Crippen molar-refractivity contribution in [1.29, 1.82) is 0 Å². The lowest BCUT2D eigenvalue weighted by Crippen LogP contribution is -2.63. The molecule has 2 aliphatic rings. The predicted octanol–water partition coefficient (Wildman–Crippen LogP) is 3.09. The molecule has 7 nitrogen and oxygen atoms in total. The molecule has 1 aromatic heterocycles. The third-order valence-electron chi connectivity index (χ3n) is 5.05. The summed E-state index contributed by atoms with van der Waals surface area (Å²) in [7, 11) is 1.10. The Hall–Kier alpha value is -2.07. The van der Waals surface area contributed by atoms with Gasteiger partial charge < -0.3 is 19.3 Å². The zero-order valence-electron chi connectivity index (χ0n) is 16.7. The molecule has 2 fully saturated rings. The first-order valence-electron chi connectivity index (χ1n) is 9.27. The van der Waals surface area contributed by atoms with Gasteiger partial charge in [0.15, 0.2) is 0 Å². The molecule has 29 heavy (non-hydrogen) atoms. The van der Waals surface area contributed by atoms with Crippen LogP contribution in [-0.4, -0.2) is 59.1 Å². The number of halogens is 3. The molecule has 0 aliphatic carbocycles. The number of alkyl halides is 3. The largest absolute Gasteiger partial charge is 0.481 e. The number of aromatic nitrogens is 1. The van der Waals surface area contributed by atoms with Crippen molar-refractivity contribution in [2.24, 2.45) is 0 Å². The van der Waals surface area contributed by atoms with Gasteiger partial charge in [0.05, 0.1) is 38.0 Å². The molecule has 2 saturated heterocycles. The maximum Gasteiger partial charge on any atom is 0.421 e. The fourth-order valence-corrected chi connectivity index (χ4v) is 3.90. The molecule has 2 aliphatic heterocycles. The summed E-state index contributed by atoms with van der Waals surface area (Å²) in [6, 6.07) is -0.191. The minimum Gasteiger partial charge on any atom is -0.481 e. The van der Waals surface area contributed by atoms with E-state index in [1.165, 1.54) is 11.1 Å². The van der Waals surface area contributed by atoms with E-state index >= 15 is 0 Å². The Labute approximate surface area is 166 Å². The highest BCUT2D eigenvalue weighted by Gasteiger charge is 2.50. The fourth-order valence-electron chi connectivity index (χ4n) is 3.90. The Morgan fingerprint density at radius 3 is 2.34 bits per heavy atom. The molecule has 1 amide bonds. The van der Waals surface area contributed by atoms with Crippen LogP contribution in [-0.2, 0) is 21.3 Å². The van der Waals surface area contributed by atoms with E-state index in [-0.39, 0.29) is 31.6 Å². The smallest absolute Gasteiger partial charge is 0.421 e. The third-order valence-corrected chi connectivity index (χ3v) is 5.05. The molecule has 10 heteroatoms. The lowest BCUT2D eigenvalue weighted by Gasteiger charge is -2.51. The summed E-state index contributed by atoms with van der Waals surface area (Å²) in [4.78, 5) is 17.9. The molecule has 3 heterocycles. The molecule has 1 N–H and O–H groups in total. The Balaban J connectivity index is 1.91. The number of hydrogen-bond donors (Lipinski definition) is 1. The number of aliphatic hydroxyl groups is 1. The SMILES string of the molecule is COc1ncc(C2(O)CC3COCC(C2)N3C(=O)OC(C)(C)C)cc1C(F)(F)F. The summed E-state index contributed by atoms with van der Waals surface area (Å²) < 4.78 is 55.8. The number of fused-ring (bicyclic) bond motifs is 2. The average Bonchev–Trinajstić information content (AvgIpc) is 2.58. The van der Waals surface area contributed by atoms with Gasteiger partial charge in [0.2, 0.25) is 5.88 Å². The molecule has 2 atom stereocenters. The summed E-state index contributed by atoms with van der Waals surface area (Å²) >= 11 is 0. The zero-order chi connectivity index (χ0) is 21.6. The molecule has 3 rings (SSSR count). The van der Waals surface area contributed by atoms with E-state index < -0.39 is 47.0 Å². The number of hydrogen-bond acceptors (Lipinski definition) is 6. The number of amides is 1. The van der Waals surface area contributed by atoms with Crippen LogP contribution in [0.2, 0.25) is 0 Å². The van der Waals surface area contributed by atoms with E-state index in [4.69, 9.17) is 14.2 Å². The van der Waals surface area contributed by atoms with Crippen LogP contribution in [0.5, 0.6) is 5.88 Å². The number of methoxy groups -OCH3 is 1. The maximum absolute atomic E-state index is 13.4. The first-order valence-corrected chi connectivity index (χ1v) is 9.27. The Morgan fingerprint density at radius 2 is 1.86 bits per heavy atom. The van der Waals surface area contributed by atoms with Crippen molar-refractivity contribution in [2.45, 2.75) is 63.1 Å². The normalized spacial score (nSPS) is 27.5. The van der Waals surface area contributed by atoms with Crippen LogP contribution >= 0.6 is 0 Å². The minimum atomic E-state index is -4.68. The number of piperidine rings is 1. The summed E-state index contributed by atoms with van der Waals surface area (Å²) in [6.45, 7) is 5.57. The highest BCUT2D eigenvalue weighted by atomic mass is 19.4. The van der Waals surface area contributed by atoms with E-state index in [9.17, 15) is 23.1 Å². The van der Waals surface area contributed by atoms with Gasteiger partial charge in [-0.25, -0.2) is 9.78 Å². The van der Waals surface area contributed by atoms with Gasteiger partial charge in [0, 0.05) is 24.6 Å². The molecule has 0 saturated carbocycles. The molecule has 2 unspecified atom stereocenters. The van der Waals surface area contributed by atoms with E-state index in [0.29, 0.717) is 0 Å². The number of nitrogens with zero attached hydrogens (tertiary/aromatic N) is 2.